The van der Waals surface area contributed by atoms with Crippen molar-refractivity contribution in [3.8, 4) is 0 Å². The van der Waals surface area contributed by atoms with Gasteiger partial charge >= 0.3 is 0 Å². The first-order valence-electron chi connectivity index (χ1n) is 8.63. The van der Waals surface area contributed by atoms with E-state index in [9.17, 15) is 13.6 Å². The number of likely N-dealkylation sites (tertiary alicyclic amines) is 1. The van der Waals surface area contributed by atoms with Gasteiger partial charge in [0.1, 0.15) is 12.1 Å². The van der Waals surface area contributed by atoms with Gasteiger partial charge in [0.15, 0.2) is 6.10 Å². The summed E-state index contributed by atoms with van der Waals surface area (Å²) >= 11 is 0. The molecule has 26 heavy (non-hydrogen) atoms. The topological polar surface area (TPSA) is 75.9 Å². The predicted molar refractivity (Wildman–Crippen MR) is 88.2 cm³/mol. The van der Waals surface area contributed by atoms with Gasteiger partial charge in [-0.2, -0.15) is 14.6 Å². The second-order valence-electron chi connectivity index (χ2n) is 6.71. The third-order valence-electron chi connectivity index (χ3n) is 4.83. The minimum atomic E-state index is -2.68. The highest BCUT2D eigenvalue weighted by atomic mass is 19.3. The van der Waals surface area contributed by atoms with Gasteiger partial charge in [-0.05, 0) is 6.92 Å². The van der Waals surface area contributed by atoms with Crippen LogP contribution < -0.4 is 4.90 Å². The number of morpholine rings is 1. The molecule has 140 valence electrons. The summed E-state index contributed by atoms with van der Waals surface area (Å²) in [5.74, 6) is -1.63. The van der Waals surface area contributed by atoms with Crippen molar-refractivity contribution in [1.82, 2.24) is 24.5 Å². The highest BCUT2D eigenvalue weighted by molar-refractivity contribution is 5.82. The van der Waals surface area contributed by atoms with E-state index in [0.717, 1.165) is 11.5 Å². The minimum absolute atomic E-state index is 0.0629. The van der Waals surface area contributed by atoms with Gasteiger partial charge in [0.2, 0.25) is 0 Å². The fourth-order valence-electron chi connectivity index (χ4n) is 3.40. The van der Waals surface area contributed by atoms with Crippen LogP contribution >= 0.6 is 0 Å². The molecule has 2 aliphatic rings. The Kier molecular flexibility index (Phi) is 4.22. The third-order valence-corrected chi connectivity index (χ3v) is 4.83. The number of halogens is 2. The standard InChI is InChI=1S/C16H20F2N6O2/c1-11-8-13(24-15(21-11)19-10-20-24)23-6-7-26-12(9-23)14(25)22-4-2-16(17,18)3-5-22/h8,10,12H,2-7,9H2,1H3. The van der Waals surface area contributed by atoms with Crippen molar-refractivity contribution in [1.29, 1.82) is 0 Å². The molecule has 0 spiro atoms. The fraction of sp³-hybridized carbons (Fsp3) is 0.625. The van der Waals surface area contributed by atoms with Gasteiger partial charge in [0.25, 0.3) is 17.6 Å². The average Bonchev–Trinajstić information content (AvgIpc) is 3.09. The van der Waals surface area contributed by atoms with Crippen LogP contribution in [0.25, 0.3) is 5.78 Å². The Morgan fingerprint density at radius 2 is 2.08 bits per heavy atom. The number of carbonyl (C=O) groups is 1. The second-order valence-corrected chi connectivity index (χ2v) is 6.71. The van der Waals surface area contributed by atoms with Crippen molar-refractivity contribution in [2.24, 2.45) is 0 Å². The highest BCUT2D eigenvalue weighted by Crippen LogP contribution is 2.28. The molecule has 2 saturated heterocycles. The summed E-state index contributed by atoms with van der Waals surface area (Å²) in [6.45, 7) is 3.30. The molecule has 0 bridgehead atoms. The maximum Gasteiger partial charge on any atom is 0.254 e. The van der Waals surface area contributed by atoms with Crippen LogP contribution in [-0.4, -0.2) is 75.2 Å². The number of piperidine rings is 1. The number of fused-ring (bicyclic) bond motifs is 1. The molecule has 0 N–H and O–H groups in total. The number of hydrogen-bond donors (Lipinski definition) is 0. The van der Waals surface area contributed by atoms with Crippen molar-refractivity contribution in [3.05, 3.63) is 18.1 Å². The lowest BCUT2D eigenvalue weighted by molar-refractivity contribution is -0.150. The fourth-order valence-corrected chi connectivity index (χ4v) is 3.40. The van der Waals surface area contributed by atoms with Gasteiger partial charge in [-0.25, -0.2) is 13.8 Å². The van der Waals surface area contributed by atoms with Gasteiger partial charge in [-0.15, -0.1) is 0 Å². The van der Waals surface area contributed by atoms with Crippen LogP contribution in [0.3, 0.4) is 0 Å². The Morgan fingerprint density at radius 1 is 1.31 bits per heavy atom. The van der Waals surface area contributed by atoms with Crippen molar-refractivity contribution in [3.63, 3.8) is 0 Å². The summed E-state index contributed by atoms with van der Waals surface area (Å²) in [6.07, 6.45) is 0.168. The second kappa shape index (κ2) is 6.42. The molecule has 2 aromatic heterocycles. The van der Waals surface area contributed by atoms with E-state index in [0.29, 0.717) is 25.5 Å². The first kappa shape index (κ1) is 17.1. The molecule has 4 rings (SSSR count). The van der Waals surface area contributed by atoms with Gasteiger partial charge in [-0.1, -0.05) is 0 Å². The maximum absolute atomic E-state index is 13.3. The lowest BCUT2D eigenvalue weighted by atomic mass is 10.1. The predicted octanol–water partition coefficient (Wildman–Crippen LogP) is 0.896. The van der Waals surface area contributed by atoms with Crippen molar-refractivity contribution in [2.75, 3.05) is 37.7 Å². The molecule has 1 atom stereocenters. The molecule has 2 aromatic rings. The number of ether oxygens (including phenoxy) is 1. The van der Waals surface area contributed by atoms with Crippen LogP contribution in [0.1, 0.15) is 18.5 Å². The molecule has 2 fully saturated rings. The van der Waals surface area contributed by atoms with E-state index in [1.54, 1.807) is 4.52 Å². The summed E-state index contributed by atoms with van der Waals surface area (Å²) in [6, 6.07) is 1.88. The van der Waals surface area contributed by atoms with E-state index in [1.165, 1.54) is 11.2 Å². The Bertz CT molecular complexity index is 816. The summed E-state index contributed by atoms with van der Waals surface area (Å²) in [5.41, 5.74) is 0.799. The van der Waals surface area contributed by atoms with Gasteiger partial charge in [0.05, 0.1) is 13.2 Å². The molecule has 1 unspecified atom stereocenters. The monoisotopic (exact) mass is 366 g/mol. The number of aryl methyl sites for hydroxylation is 1. The summed E-state index contributed by atoms with van der Waals surface area (Å²) in [7, 11) is 0. The van der Waals surface area contributed by atoms with E-state index >= 15 is 0 Å². The Hall–Kier alpha value is -2.36. The number of hydrogen-bond acceptors (Lipinski definition) is 6. The number of rotatable bonds is 2. The third kappa shape index (κ3) is 3.20. The Labute approximate surface area is 148 Å². The molecule has 0 saturated carbocycles. The molecular formula is C16H20F2N6O2. The zero-order chi connectivity index (χ0) is 18.3. The van der Waals surface area contributed by atoms with Crippen LogP contribution in [0.5, 0.6) is 0 Å². The van der Waals surface area contributed by atoms with Crippen molar-refractivity contribution in [2.45, 2.75) is 31.8 Å². The van der Waals surface area contributed by atoms with E-state index < -0.39 is 12.0 Å². The van der Waals surface area contributed by atoms with Gasteiger partial charge < -0.3 is 14.5 Å². The molecule has 0 aliphatic carbocycles. The Morgan fingerprint density at radius 3 is 2.85 bits per heavy atom. The largest absolute Gasteiger partial charge is 0.365 e. The number of aromatic nitrogens is 4. The number of alkyl halides is 2. The maximum atomic E-state index is 13.3. The van der Waals surface area contributed by atoms with Crippen LogP contribution in [0.2, 0.25) is 0 Å². The molecule has 10 heteroatoms. The molecule has 2 aliphatic heterocycles. The lowest BCUT2D eigenvalue weighted by Crippen LogP contribution is -2.54. The quantitative estimate of drug-likeness (QED) is 0.786. The van der Waals surface area contributed by atoms with Crippen LogP contribution in [-0.2, 0) is 9.53 Å². The zero-order valence-corrected chi connectivity index (χ0v) is 14.4. The summed E-state index contributed by atoms with van der Waals surface area (Å²) in [5, 5.41) is 4.19. The summed E-state index contributed by atoms with van der Waals surface area (Å²) in [4.78, 5) is 24.6. The number of amides is 1. The normalized spacial score (nSPS) is 23.4. The molecule has 0 radical (unpaired) electrons. The zero-order valence-electron chi connectivity index (χ0n) is 14.4. The molecule has 8 nitrogen and oxygen atoms in total. The number of nitrogens with zero attached hydrogens (tertiary/aromatic N) is 6. The smallest absolute Gasteiger partial charge is 0.254 e. The van der Waals surface area contributed by atoms with E-state index in [-0.39, 0.29) is 31.8 Å². The van der Waals surface area contributed by atoms with Gasteiger partial charge in [-0.3, -0.25) is 4.79 Å². The molecule has 1 amide bonds. The Balaban J connectivity index is 1.50. The van der Waals surface area contributed by atoms with Crippen molar-refractivity contribution >= 4 is 17.5 Å². The highest BCUT2D eigenvalue weighted by Gasteiger charge is 2.38. The van der Waals surface area contributed by atoms with E-state index in [4.69, 9.17) is 4.74 Å². The SMILES string of the molecule is Cc1cc(N2CCOC(C(=O)N3CCC(F)(F)CC3)C2)n2ncnc2n1. The van der Waals surface area contributed by atoms with Crippen molar-refractivity contribution < 1.29 is 18.3 Å². The minimum Gasteiger partial charge on any atom is -0.365 e. The lowest BCUT2D eigenvalue weighted by Gasteiger charge is -2.38. The number of carbonyl (C=O) groups excluding carboxylic acids is 1. The first-order chi connectivity index (χ1) is 12.4. The van der Waals surface area contributed by atoms with Crippen LogP contribution in [0.15, 0.2) is 12.4 Å². The van der Waals surface area contributed by atoms with E-state index in [1.807, 2.05) is 17.9 Å². The van der Waals surface area contributed by atoms with Gasteiger partial charge in [0, 0.05) is 44.2 Å². The first-order valence-corrected chi connectivity index (χ1v) is 8.63. The average molecular weight is 366 g/mol. The van der Waals surface area contributed by atoms with Crippen LogP contribution in [0.4, 0.5) is 14.6 Å². The summed E-state index contributed by atoms with van der Waals surface area (Å²) < 4.78 is 33.9. The van der Waals surface area contributed by atoms with Crippen LogP contribution in [0, 0.1) is 6.92 Å². The molecule has 4 heterocycles. The molecule has 0 aromatic carbocycles. The van der Waals surface area contributed by atoms with E-state index in [2.05, 4.69) is 15.1 Å². The number of anilines is 1. The molecular weight excluding hydrogens is 346 g/mol.